The summed E-state index contributed by atoms with van der Waals surface area (Å²) in [6, 6.07) is 15.6. The lowest BCUT2D eigenvalue weighted by Crippen LogP contribution is -2.24. The third-order valence-corrected chi connectivity index (χ3v) is 3.97. The fraction of sp³-hybridized carbons (Fsp3) is 0.125. The molecule has 0 unspecified atom stereocenters. The monoisotopic (exact) mass is 343 g/mol. The van der Waals surface area contributed by atoms with E-state index in [1.807, 2.05) is 48.5 Å². The molecular weight excluding hydrogens is 330 g/mol. The highest BCUT2D eigenvalue weighted by molar-refractivity contribution is 9.10. The fourth-order valence-corrected chi connectivity index (χ4v) is 2.68. The highest BCUT2D eigenvalue weighted by Gasteiger charge is 2.03. The molecule has 0 radical (unpaired) electrons. The van der Waals surface area contributed by atoms with Gasteiger partial charge in [-0.15, -0.1) is 0 Å². The molecule has 1 aromatic heterocycles. The molecule has 5 heteroatoms. The Hall–Kier alpha value is -2.14. The number of halogens is 1. The molecule has 0 aliphatic carbocycles. The first-order valence-electron chi connectivity index (χ1n) is 6.69. The van der Waals surface area contributed by atoms with Crippen molar-refractivity contribution in [3.8, 4) is 0 Å². The zero-order valence-electron chi connectivity index (χ0n) is 11.3. The molecule has 106 valence electrons. The van der Waals surface area contributed by atoms with Gasteiger partial charge in [-0.3, -0.25) is 4.79 Å². The molecule has 0 saturated heterocycles. The van der Waals surface area contributed by atoms with E-state index in [9.17, 15) is 4.79 Å². The van der Waals surface area contributed by atoms with Crippen molar-refractivity contribution in [1.29, 1.82) is 0 Å². The molecular formula is C16H14BrN3O. The highest BCUT2D eigenvalue weighted by atomic mass is 79.9. The van der Waals surface area contributed by atoms with Crippen LogP contribution in [0, 0.1) is 0 Å². The summed E-state index contributed by atoms with van der Waals surface area (Å²) in [5, 5.41) is 3.33. The first-order chi connectivity index (χ1) is 10.3. The Labute approximate surface area is 130 Å². The van der Waals surface area contributed by atoms with Crippen LogP contribution < -0.4 is 10.9 Å². The molecule has 3 rings (SSSR count). The van der Waals surface area contributed by atoms with Gasteiger partial charge in [-0.25, -0.2) is 4.98 Å². The van der Waals surface area contributed by atoms with Crippen molar-refractivity contribution in [2.24, 2.45) is 0 Å². The number of hydrogen-bond donors (Lipinski definition) is 1. The van der Waals surface area contributed by atoms with Crippen LogP contribution in [0.1, 0.15) is 0 Å². The molecule has 0 spiro atoms. The van der Waals surface area contributed by atoms with E-state index >= 15 is 0 Å². The van der Waals surface area contributed by atoms with Crippen molar-refractivity contribution in [3.63, 3.8) is 0 Å². The van der Waals surface area contributed by atoms with E-state index in [0.29, 0.717) is 13.1 Å². The van der Waals surface area contributed by atoms with Crippen LogP contribution in [-0.4, -0.2) is 16.1 Å². The number of nitrogens with one attached hydrogen (secondary N) is 1. The average Bonchev–Trinajstić information content (AvgIpc) is 2.51. The van der Waals surface area contributed by atoms with Crippen LogP contribution in [0.4, 0.5) is 5.69 Å². The number of rotatable bonds is 4. The number of hydrogen-bond acceptors (Lipinski definition) is 3. The molecule has 21 heavy (non-hydrogen) atoms. The Kier molecular flexibility index (Phi) is 4.01. The average molecular weight is 344 g/mol. The SMILES string of the molecule is O=c1cnc2ccccc2n1CCNc1ccccc1Br. The normalized spacial score (nSPS) is 10.7. The number of anilines is 1. The number of benzene rings is 2. The number of para-hydroxylation sites is 3. The Morgan fingerprint density at radius 3 is 2.71 bits per heavy atom. The second kappa shape index (κ2) is 6.10. The van der Waals surface area contributed by atoms with Gasteiger partial charge in [0.05, 0.1) is 17.2 Å². The minimum Gasteiger partial charge on any atom is -0.382 e. The van der Waals surface area contributed by atoms with Gasteiger partial charge in [0.2, 0.25) is 0 Å². The standard InChI is InChI=1S/C16H14BrN3O/c17-12-5-1-2-6-13(12)18-9-10-20-15-8-4-3-7-14(15)19-11-16(20)21/h1-8,11,18H,9-10H2. The molecule has 0 atom stereocenters. The van der Waals surface area contributed by atoms with Crippen LogP contribution >= 0.6 is 15.9 Å². The van der Waals surface area contributed by atoms with Gasteiger partial charge in [-0.05, 0) is 40.2 Å². The smallest absolute Gasteiger partial charge is 0.269 e. The molecule has 4 nitrogen and oxygen atoms in total. The minimum absolute atomic E-state index is 0.0809. The van der Waals surface area contributed by atoms with Gasteiger partial charge in [0, 0.05) is 23.2 Å². The van der Waals surface area contributed by atoms with Crippen molar-refractivity contribution in [3.05, 3.63) is 69.6 Å². The molecule has 0 aliphatic heterocycles. The number of nitrogens with zero attached hydrogens (tertiary/aromatic N) is 2. The van der Waals surface area contributed by atoms with E-state index in [0.717, 1.165) is 21.2 Å². The van der Waals surface area contributed by atoms with Crippen molar-refractivity contribution < 1.29 is 0 Å². The van der Waals surface area contributed by atoms with E-state index in [-0.39, 0.29) is 5.56 Å². The zero-order chi connectivity index (χ0) is 14.7. The van der Waals surface area contributed by atoms with Crippen molar-refractivity contribution >= 4 is 32.7 Å². The summed E-state index contributed by atoms with van der Waals surface area (Å²) < 4.78 is 2.75. The predicted molar refractivity (Wildman–Crippen MR) is 88.6 cm³/mol. The lowest BCUT2D eigenvalue weighted by molar-refractivity contribution is 0.720. The van der Waals surface area contributed by atoms with Crippen LogP contribution in [0.5, 0.6) is 0 Å². The van der Waals surface area contributed by atoms with Crippen LogP contribution in [-0.2, 0) is 6.54 Å². The second-order valence-electron chi connectivity index (χ2n) is 4.64. The summed E-state index contributed by atoms with van der Waals surface area (Å²) >= 11 is 3.50. The van der Waals surface area contributed by atoms with Crippen molar-refractivity contribution in [1.82, 2.24) is 9.55 Å². The lowest BCUT2D eigenvalue weighted by atomic mass is 10.3. The Morgan fingerprint density at radius 1 is 1.10 bits per heavy atom. The van der Waals surface area contributed by atoms with E-state index < -0.39 is 0 Å². The second-order valence-corrected chi connectivity index (χ2v) is 5.50. The third kappa shape index (κ3) is 2.97. The summed E-state index contributed by atoms with van der Waals surface area (Å²) in [7, 11) is 0. The quantitative estimate of drug-likeness (QED) is 0.790. The Morgan fingerprint density at radius 2 is 1.86 bits per heavy atom. The van der Waals surface area contributed by atoms with Gasteiger partial charge >= 0.3 is 0 Å². The minimum atomic E-state index is -0.0809. The third-order valence-electron chi connectivity index (χ3n) is 3.28. The summed E-state index contributed by atoms with van der Waals surface area (Å²) in [5.41, 5.74) is 2.63. The number of fused-ring (bicyclic) bond motifs is 1. The first-order valence-corrected chi connectivity index (χ1v) is 7.48. The molecule has 1 N–H and O–H groups in total. The predicted octanol–water partition coefficient (Wildman–Crippen LogP) is 3.27. The van der Waals surface area contributed by atoms with Gasteiger partial charge in [0.25, 0.3) is 5.56 Å². The highest BCUT2D eigenvalue weighted by Crippen LogP contribution is 2.20. The largest absolute Gasteiger partial charge is 0.382 e. The van der Waals surface area contributed by atoms with Gasteiger partial charge in [0.1, 0.15) is 0 Å². The van der Waals surface area contributed by atoms with Crippen LogP contribution in [0.2, 0.25) is 0 Å². The van der Waals surface area contributed by atoms with Gasteiger partial charge in [0.15, 0.2) is 0 Å². The van der Waals surface area contributed by atoms with Crippen LogP contribution in [0.3, 0.4) is 0 Å². The van der Waals surface area contributed by atoms with Crippen LogP contribution in [0.25, 0.3) is 11.0 Å². The maximum absolute atomic E-state index is 12.0. The molecule has 0 bridgehead atoms. The van der Waals surface area contributed by atoms with E-state index in [2.05, 4.69) is 26.2 Å². The van der Waals surface area contributed by atoms with Crippen molar-refractivity contribution in [2.45, 2.75) is 6.54 Å². The molecule has 0 aliphatic rings. The molecule has 3 aromatic rings. The fourth-order valence-electron chi connectivity index (χ4n) is 2.25. The number of aromatic nitrogens is 2. The lowest BCUT2D eigenvalue weighted by Gasteiger charge is -2.11. The maximum atomic E-state index is 12.0. The van der Waals surface area contributed by atoms with Gasteiger partial charge < -0.3 is 9.88 Å². The maximum Gasteiger partial charge on any atom is 0.269 e. The molecule has 0 amide bonds. The van der Waals surface area contributed by atoms with Gasteiger partial charge in [-0.1, -0.05) is 24.3 Å². The van der Waals surface area contributed by atoms with E-state index in [1.165, 1.54) is 6.20 Å². The summed E-state index contributed by atoms with van der Waals surface area (Å²) in [6.07, 6.45) is 1.38. The first kappa shape index (κ1) is 13.8. The van der Waals surface area contributed by atoms with Crippen LogP contribution in [0.15, 0.2) is 64.0 Å². The topological polar surface area (TPSA) is 46.9 Å². The summed E-state index contributed by atoms with van der Waals surface area (Å²) in [6.45, 7) is 1.25. The summed E-state index contributed by atoms with van der Waals surface area (Å²) in [5.74, 6) is 0. The van der Waals surface area contributed by atoms with E-state index in [4.69, 9.17) is 0 Å². The molecule has 1 heterocycles. The summed E-state index contributed by atoms with van der Waals surface area (Å²) in [4.78, 5) is 16.2. The molecule has 0 fully saturated rings. The molecule has 0 saturated carbocycles. The Balaban J connectivity index is 1.81. The Bertz CT molecular complexity index is 829. The van der Waals surface area contributed by atoms with Crippen molar-refractivity contribution in [2.75, 3.05) is 11.9 Å². The zero-order valence-corrected chi connectivity index (χ0v) is 12.9. The van der Waals surface area contributed by atoms with E-state index in [1.54, 1.807) is 4.57 Å². The van der Waals surface area contributed by atoms with Gasteiger partial charge in [-0.2, -0.15) is 0 Å². The molecule has 2 aromatic carbocycles.